The van der Waals surface area contributed by atoms with Gasteiger partial charge in [-0.05, 0) is 55.2 Å². The second kappa shape index (κ2) is 10.5. The summed E-state index contributed by atoms with van der Waals surface area (Å²) in [5.74, 6) is 0. The van der Waals surface area contributed by atoms with Crippen LogP contribution in [-0.4, -0.2) is 12.0 Å². The van der Waals surface area contributed by atoms with Gasteiger partial charge in [-0.1, -0.05) is 55.1 Å². The molecule has 3 nitrogen and oxygen atoms in total. The summed E-state index contributed by atoms with van der Waals surface area (Å²) in [6.45, 7) is 6.11. The molecule has 0 fully saturated rings. The van der Waals surface area contributed by atoms with Crippen LogP contribution in [0.25, 0.3) is 0 Å². The molecule has 2 aromatic carbocycles. The average Bonchev–Trinajstić information content (AvgIpc) is 2.79. The molecule has 0 radical (unpaired) electrons. The van der Waals surface area contributed by atoms with Crippen LogP contribution >= 0.6 is 0 Å². The highest BCUT2D eigenvalue weighted by Crippen LogP contribution is 2.30. The Hall–Kier alpha value is -3.12. The zero-order chi connectivity index (χ0) is 23.1. The number of rotatable bonds is 9. The monoisotopic (exact) mass is 439 g/mol. The zero-order valence-corrected chi connectivity index (χ0v) is 18.3. The summed E-state index contributed by atoms with van der Waals surface area (Å²) in [6, 6.07) is 21.0. The summed E-state index contributed by atoms with van der Waals surface area (Å²) in [7, 11) is 1.84. The van der Waals surface area contributed by atoms with E-state index >= 15 is 0 Å². The van der Waals surface area contributed by atoms with Crippen LogP contribution in [0.4, 0.5) is 13.2 Å². The predicted octanol–water partition coefficient (Wildman–Crippen LogP) is 6.15. The lowest BCUT2D eigenvalue weighted by molar-refractivity contribution is -0.137. The molecule has 0 spiro atoms. The topological polar surface area (TPSA) is 37.0 Å². The van der Waals surface area contributed by atoms with Crippen molar-refractivity contribution in [1.82, 2.24) is 15.6 Å². The first-order valence-electron chi connectivity index (χ1n) is 10.5. The van der Waals surface area contributed by atoms with Crippen LogP contribution in [0.1, 0.15) is 46.6 Å². The molecule has 0 aliphatic carbocycles. The van der Waals surface area contributed by atoms with Gasteiger partial charge in [0.15, 0.2) is 0 Å². The number of nitrogens with zero attached hydrogens (tertiary/aromatic N) is 1. The SMILES string of the molecule is C=C(NC)C(N[C@@H](CCc1ccc(C(F)(F)F)cc1)c1cccc(C)n1)c1ccccc1. The average molecular weight is 440 g/mol. The Labute approximate surface area is 187 Å². The molecular weight excluding hydrogens is 411 g/mol. The van der Waals surface area contributed by atoms with Crippen molar-refractivity contribution in [2.24, 2.45) is 0 Å². The summed E-state index contributed by atoms with van der Waals surface area (Å²) >= 11 is 0. The van der Waals surface area contributed by atoms with Crippen molar-refractivity contribution in [2.45, 2.75) is 38.0 Å². The standard InChI is InChI=1S/C26H28F3N3/c1-18-8-7-11-23(31-18)24(17-14-20-12-15-22(16-13-20)26(27,28)29)32-25(19(2)30-3)21-9-5-4-6-10-21/h4-13,15-16,24-25,30,32H,2,14,17H2,1,3H3/t24-,25?/m0/s1. The van der Waals surface area contributed by atoms with E-state index in [1.165, 1.54) is 0 Å². The Kier molecular flexibility index (Phi) is 7.70. The van der Waals surface area contributed by atoms with E-state index in [1.54, 1.807) is 12.1 Å². The Morgan fingerprint density at radius 2 is 1.66 bits per heavy atom. The summed E-state index contributed by atoms with van der Waals surface area (Å²) in [6.07, 6.45) is -3.05. The minimum Gasteiger partial charge on any atom is -0.390 e. The molecular formula is C26H28F3N3. The van der Waals surface area contributed by atoms with Crippen molar-refractivity contribution >= 4 is 0 Å². The fourth-order valence-corrected chi connectivity index (χ4v) is 3.64. The largest absolute Gasteiger partial charge is 0.416 e. The first kappa shape index (κ1) is 23.5. The van der Waals surface area contributed by atoms with Crippen LogP contribution in [0.5, 0.6) is 0 Å². The van der Waals surface area contributed by atoms with Gasteiger partial charge in [-0.25, -0.2) is 0 Å². The summed E-state index contributed by atoms with van der Waals surface area (Å²) in [4.78, 5) is 4.70. The van der Waals surface area contributed by atoms with Crippen molar-refractivity contribution in [3.63, 3.8) is 0 Å². The van der Waals surface area contributed by atoms with Crippen molar-refractivity contribution < 1.29 is 13.2 Å². The molecule has 0 amide bonds. The quantitative estimate of drug-likeness (QED) is 0.420. The molecule has 0 bridgehead atoms. The van der Waals surface area contributed by atoms with E-state index in [0.29, 0.717) is 12.8 Å². The third-order valence-electron chi connectivity index (χ3n) is 5.44. The van der Waals surface area contributed by atoms with Gasteiger partial charge in [-0.3, -0.25) is 10.3 Å². The maximum atomic E-state index is 12.9. The molecule has 2 N–H and O–H groups in total. The highest BCUT2D eigenvalue weighted by molar-refractivity contribution is 5.28. The molecule has 32 heavy (non-hydrogen) atoms. The number of hydrogen-bond donors (Lipinski definition) is 2. The second-order valence-corrected chi connectivity index (χ2v) is 7.78. The van der Waals surface area contributed by atoms with Crippen LogP contribution in [0.15, 0.2) is 85.1 Å². The number of likely N-dealkylation sites (N-methyl/N-ethyl adjacent to an activating group) is 1. The second-order valence-electron chi connectivity index (χ2n) is 7.78. The summed E-state index contributed by atoms with van der Waals surface area (Å²) < 4.78 is 38.6. The molecule has 0 aliphatic heterocycles. The molecule has 1 aromatic heterocycles. The third kappa shape index (κ3) is 6.20. The minimum atomic E-state index is -4.33. The van der Waals surface area contributed by atoms with E-state index in [2.05, 4.69) is 17.2 Å². The molecule has 0 saturated heterocycles. The van der Waals surface area contributed by atoms with Gasteiger partial charge >= 0.3 is 6.18 Å². The first-order chi connectivity index (χ1) is 15.3. The molecule has 2 atom stereocenters. The van der Waals surface area contributed by atoms with Crippen LogP contribution in [0.2, 0.25) is 0 Å². The van der Waals surface area contributed by atoms with Crippen LogP contribution in [0, 0.1) is 6.92 Å². The molecule has 3 aromatic rings. The third-order valence-corrected chi connectivity index (χ3v) is 5.44. The van der Waals surface area contributed by atoms with Gasteiger partial charge < -0.3 is 5.32 Å². The Bertz CT molecular complexity index is 1010. The smallest absolute Gasteiger partial charge is 0.390 e. The lowest BCUT2D eigenvalue weighted by Gasteiger charge is -2.28. The molecule has 0 aliphatic rings. The summed E-state index contributed by atoms with van der Waals surface area (Å²) in [5.41, 5.74) is 3.91. The molecule has 1 unspecified atom stereocenters. The summed E-state index contributed by atoms with van der Waals surface area (Å²) in [5, 5.41) is 6.81. The van der Waals surface area contributed by atoms with E-state index in [0.717, 1.165) is 40.3 Å². The molecule has 3 rings (SSSR count). The Balaban J connectivity index is 1.84. The zero-order valence-electron chi connectivity index (χ0n) is 18.3. The van der Waals surface area contributed by atoms with Gasteiger partial charge in [0.25, 0.3) is 0 Å². The number of pyridine rings is 1. The van der Waals surface area contributed by atoms with E-state index in [-0.39, 0.29) is 12.1 Å². The van der Waals surface area contributed by atoms with Crippen LogP contribution in [-0.2, 0) is 12.6 Å². The van der Waals surface area contributed by atoms with Crippen molar-refractivity contribution in [3.05, 3.63) is 113 Å². The lowest BCUT2D eigenvalue weighted by Crippen LogP contribution is -2.32. The normalized spacial score (nSPS) is 13.4. The number of halogens is 3. The van der Waals surface area contributed by atoms with Crippen LogP contribution in [0.3, 0.4) is 0 Å². The van der Waals surface area contributed by atoms with Crippen LogP contribution < -0.4 is 10.6 Å². The first-order valence-corrected chi connectivity index (χ1v) is 10.5. The van der Waals surface area contributed by atoms with Gasteiger partial charge in [-0.15, -0.1) is 0 Å². The van der Waals surface area contributed by atoms with E-state index in [1.807, 2.05) is 62.5 Å². The van der Waals surface area contributed by atoms with Gasteiger partial charge in [0.1, 0.15) is 0 Å². The van der Waals surface area contributed by atoms with Crippen molar-refractivity contribution in [2.75, 3.05) is 7.05 Å². The van der Waals surface area contributed by atoms with E-state index in [9.17, 15) is 13.2 Å². The predicted molar refractivity (Wildman–Crippen MR) is 122 cm³/mol. The van der Waals surface area contributed by atoms with Crippen molar-refractivity contribution in [1.29, 1.82) is 0 Å². The van der Waals surface area contributed by atoms with Gasteiger partial charge in [0.05, 0.1) is 23.3 Å². The number of nitrogens with one attached hydrogen (secondary N) is 2. The molecule has 168 valence electrons. The number of alkyl halides is 3. The van der Waals surface area contributed by atoms with Gasteiger partial charge in [0.2, 0.25) is 0 Å². The maximum absolute atomic E-state index is 12.9. The molecule has 6 heteroatoms. The fraction of sp³-hybridized carbons (Fsp3) is 0.269. The number of aryl methyl sites for hydroxylation is 2. The highest BCUT2D eigenvalue weighted by atomic mass is 19.4. The maximum Gasteiger partial charge on any atom is 0.416 e. The highest BCUT2D eigenvalue weighted by Gasteiger charge is 2.30. The molecule has 1 heterocycles. The Morgan fingerprint density at radius 1 is 0.969 bits per heavy atom. The number of aromatic nitrogens is 1. The fourth-order valence-electron chi connectivity index (χ4n) is 3.64. The van der Waals surface area contributed by atoms with E-state index in [4.69, 9.17) is 4.98 Å². The minimum absolute atomic E-state index is 0.118. The lowest BCUT2D eigenvalue weighted by atomic mass is 9.97. The number of benzene rings is 2. The van der Waals surface area contributed by atoms with E-state index < -0.39 is 11.7 Å². The van der Waals surface area contributed by atoms with Gasteiger partial charge in [-0.2, -0.15) is 13.2 Å². The number of hydrogen-bond acceptors (Lipinski definition) is 3. The van der Waals surface area contributed by atoms with Crippen molar-refractivity contribution in [3.8, 4) is 0 Å². The molecule has 0 saturated carbocycles. The Morgan fingerprint density at radius 3 is 2.25 bits per heavy atom. The van der Waals surface area contributed by atoms with Gasteiger partial charge in [0, 0.05) is 18.4 Å².